The van der Waals surface area contributed by atoms with Crippen LogP contribution in [0.2, 0.25) is 0 Å². The number of fused-ring (bicyclic) bond motifs is 1. The highest BCUT2D eigenvalue weighted by molar-refractivity contribution is 7.91. The van der Waals surface area contributed by atoms with Gasteiger partial charge in [-0.05, 0) is 51.0 Å². The molecule has 2 aromatic heterocycles. The summed E-state index contributed by atoms with van der Waals surface area (Å²) in [4.78, 5) is 18.6. The minimum absolute atomic E-state index is 0.120. The largest absolute Gasteiger partial charge is 0.296 e. The molecular formula is C18H22N4O3S2. The molecule has 27 heavy (non-hydrogen) atoms. The summed E-state index contributed by atoms with van der Waals surface area (Å²) in [6.07, 6.45) is 7.09. The molecule has 1 unspecified atom stereocenters. The SMILES string of the molecule is O=C(Nc1nc2c(s1)CCCC2)c1cc(C2CC2)n(C2CCS(=O)(=O)C2)n1. The second kappa shape index (κ2) is 6.41. The van der Waals surface area contributed by atoms with E-state index in [0.717, 1.165) is 43.5 Å². The van der Waals surface area contributed by atoms with E-state index in [2.05, 4.69) is 15.4 Å². The number of carbonyl (C=O) groups is 1. The second-order valence-electron chi connectivity index (χ2n) is 7.78. The molecule has 9 heteroatoms. The van der Waals surface area contributed by atoms with E-state index in [1.165, 1.54) is 11.3 Å². The quantitative estimate of drug-likeness (QED) is 0.842. The average Bonchev–Trinajstić information content (AvgIpc) is 3.09. The van der Waals surface area contributed by atoms with E-state index in [0.29, 0.717) is 23.2 Å². The lowest BCUT2D eigenvalue weighted by atomic mass is 10.0. The lowest BCUT2D eigenvalue weighted by molar-refractivity contribution is 0.102. The summed E-state index contributed by atoms with van der Waals surface area (Å²) in [6.45, 7) is 0. The molecule has 3 aliphatic rings. The molecule has 0 bridgehead atoms. The third kappa shape index (κ3) is 3.42. The molecular weight excluding hydrogens is 384 g/mol. The highest BCUT2D eigenvalue weighted by Crippen LogP contribution is 2.42. The molecule has 2 aliphatic carbocycles. The Morgan fingerprint density at radius 3 is 2.74 bits per heavy atom. The van der Waals surface area contributed by atoms with Crippen molar-refractivity contribution in [2.45, 2.75) is 56.9 Å². The topological polar surface area (TPSA) is 94.0 Å². The summed E-state index contributed by atoms with van der Waals surface area (Å²) < 4.78 is 25.5. The molecule has 7 nitrogen and oxygen atoms in total. The van der Waals surface area contributed by atoms with Crippen LogP contribution in [-0.4, -0.2) is 40.6 Å². The second-order valence-corrected chi connectivity index (χ2v) is 11.1. The first kappa shape index (κ1) is 17.4. The molecule has 2 aromatic rings. The van der Waals surface area contributed by atoms with E-state index in [1.807, 2.05) is 10.7 Å². The van der Waals surface area contributed by atoms with Gasteiger partial charge in [-0.1, -0.05) is 0 Å². The van der Waals surface area contributed by atoms with Crippen molar-refractivity contribution >= 4 is 32.2 Å². The summed E-state index contributed by atoms with van der Waals surface area (Å²) in [5.41, 5.74) is 2.47. The molecule has 1 N–H and O–H groups in total. The predicted molar refractivity (Wildman–Crippen MR) is 103 cm³/mol. The Bertz CT molecular complexity index is 980. The van der Waals surface area contributed by atoms with Crippen LogP contribution in [0.4, 0.5) is 5.13 Å². The Morgan fingerprint density at radius 1 is 1.22 bits per heavy atom. The van der Waals surface area contributed by atoms with Crippen LogP contribution in [0, 0.1) is 0 Å². The van der Waals surface area contributed by atoms with Crippen molar-refractivity contribution in [3.63, 3.8) is 0 Å². The van der Waals surface area contributed by atoms with Crippen LogP contribution in [0.15, 0.2) is 6.07 Å². The summed E-state index contributed by atoms with van der Waals surface area (Å²) in [7, 11) is -3.00. The molecule has 1 amide bonds. The molecule has 1 saturated carbocycles. The third-order valence-electron chi connectivity index (χ3n) is 5.61. The number of nitrogens with zero attached hydrogens (tertiary/aromatic N) is 3. The third-order valence-corrected chi connectivity index (χ3v) is 8.44. The monoisotopic (exact) mass is 406 g/mol. The highest BCUT2D eigenvalue weighted by Gasteiger charge is 2.36. The van der Waals surface area contributed by atoms with Crippen molar-refractivity contribution in [1.82, 2.24) is 14.8 Å². The number of nitrogens with one attached hydrogen (secondary N) is 1. The van der Waals surface area contributed by atoms with E-state index in [-0.39, 0.29) is 23.5 Å². The van der Waals surface area contributed by atoms with Gasteiger partial charge in [0.1, 0.15) is 0 Å². The maximum Gasteiger partial charge on any atom is 0.277 e. The van der Waals surface area contributed by atoms with Gasteiger partial charge in [-0.25, -0.2) is 13.4 Å². The molecule has 5 rings (SSSR count). The number of hydrogen-bond donors (Lipinski definition) is 1. The summed E-state index contributed by atoms with van der Waals surface area (Å²) in [5.74, 6) is 0.458. The summed E-state index contributed by atoms with van der Waals surface area (Å²) in [6, 6.07) is 1.69. The minimum atomic E-state index is -3.00. The Kier molecular flexibility index (Phi) is 4.12. The number of aromatic nitrogens is 3. The van der Waals surface area contributed by atoms with Crippen molar-refractivity contribution in [2.75, 3.05) is 16.8 Å². The predicted octanol–water partition coefficient (Wildman–Crippen LogP) is 2.71. The molecule has 3 heterocycles. The van der Waals surface area contributed by atoms with Gasteiger partial charge in [-0.3, -0.25) is 14.8 Å². The van der Waals surface area contributed by atoms with E-state index in [9.17, 15) is 13.2 Å². The lowest BCUT2D eigenvalue weighted by Gasteiger charge is -2.12. The van der Waals surface area contributed by atoms with Gasteiger partial charge < -0.3 is 0 Å². The van der Waals surface area contributed by atoms with Gasteiger partial charge in [0.2, 0.25) is 0 Å². The molecule has 0 aromatic carbocycles. The first-order valence-electron chi connectivity index (χ1n) is 9.58. The van der Waals surface area contributed by atoms with E-state index < -0.39 is 9.84 Å². The van der Waals surface area contributed by atoms with Crippen LogP contribution in [0.5, 0.6) is 0 Å². The number of anilines is 1. The molecule has 1 aliphatic heterocycles. The Morgan fingerprint density at radius 2 is 2.04 bits per heavy atom. The number of sulfone groups is 1. The van der Waals surface area contributed by atoms with E-state index in [1.54, 1.807) is 11.3 Å². The zero-order chi connectivity index (χ0) is 18.6. The van der Waals surface area contributed by atoms with Gasteiger partial charge in [0.15, 0.2) is 20.7 Å². The Balaban J connectivity index is 1.39. The maximum absolute atomic E-state index is 12.7. The van der Waals surface area contributed by atoms with E-state index >= 15 is 0 Å². The van der Waals surface area contributed by atoms with Crippen molar-refractivity contribution < 1.29 is 13.2 Å². The van der Waals surface area contributed by atoms with Gasteiger partial charge in [0.25, 0.3) is 5.91 Å². The van der Waals surface area contributed by atoms with Crippen molar-refractivity contribution in [3.05, 3.63) is 28.0 Å². The fraction of sp³-hybridized carbons (Fsp3) is 0.611. The van der Waals surface area contributed by atoms with Crippen molar-refractivity contribution in [3.8, 4) is 0 Å². The van der Waals surface area contributed by atoms with Crippen molar-refractivity contribution in [2.24, 2.45) is 0 Å². The van der Waals surface area contributed by atoms with Crippen LogP contribution in [0.1, 0.15) is 70.8 Å². The average molecular weight is 407 g/mol. The fourth-order valence-corrected chi connectivity index (χ4v) is 6.77. The number of aryl methyl sites for hydroxylation is 2. The molecule has 144 valence electrons. The van der Waals surface area contributed by atoms with Crippen LogP contribution >= 0.6 is 11.3 Å². The molecule has 1 atom stereocenters. The molecule has 1 saturated heterocycles. The van der Waals surface area contributed by atoms with Crippen molar-refractivity contribution in [1.29, 1.82) is 0 Å². The van der Waals surface area contributed by atoms with Crippen LogP contribution in [-0.2, 0) is 22.7 Å². The number of hydrogen-bond acceptors (Lipinski definition) is 6. The zero-order valence-corrected chi connectivity index (χ0v) is 16.6. The van der Waals surface area contributed by atoms with Gasteiger partial charge in [-0.2, -0.15) is 5.10 Å². The van der Waals surface area contributed by atoms with Crippen LogP contribution < -0.4 is 5.32 Å². The van der Waals surface area contributed by atoms with Gasteiger partial charge in [0.05, 0.1) is 23.2 Å². The maximum atomic E-state index is 12.7. The fourth-order valence-electron chi connectivity index (χ4n) is 4.03. The highest BCUT2D eigenvalue weighted by atomic mass is 32.2. The number of thiazole rings is 1. The Hall–Kier alpha value is -1.74. The molecule has 2 fully saturated rings. The van der Waals surface area contributed by atoms with Gasteiger partial charge in [0, 0.05) is 16.5 Å². The van der Waals surface area contributed by atoms with Gasteiger partial charge >= 0.3 is 0 Å². The van der Waals surface area contributed by atoms with Crippen LogP contribution in [0.25, 0.3) is 0 Å². The first-order valence-corrected chi connectivity index (χ1v) is 12.2. The first-order chi connectivity index (χ1) is 13.0. The zero-order valence-electron chi connectivity index (χ0n) is 15.0. The number of carbonyl (C=O) groups excluding carboxylic acids is 1. The summed E-state index contributed by atoms with van der Waals surface area (Å²) in [5, 5.41) is 8.05. The lowest BCUT2D eigenvalue weighted by Crippen LogP contribution is -2.17. The van der Waals surface area contributed by atoms with Gasteiger partial charge in [-0.15, -0.1) is 11.3 Å². The number of rotatable bonds is 4. The smallest absolute Gasteiger partial charge is 0.277 e. The van der Waals surface area contributed by atoms with Crippen LogP contribution in [0.3, 0.4) is 0 Å². The summed E-state index contributed by atoms with van der Waals surface area (Å²) >= 11 is 1.56. The minimum Gasteiger partial charge on any atom is -0.296 e. The molecule has 0 radical (unpaired) electrons. The molecule has 0 spiro atoms. The normalized spacial score (nSPS) is 23.9. The van der Waals surface area contributed by atoms with E-state index in [4.69, 9.17) is 0 Å². The number of amides is 1. The standard InChI is InChI=1S/C18H22N4O3S2/c23-17(20-18-19-13-3-1-2-4-16(13)26-18)14-9-15(11-5-6-11)22(21-14)12-7-8-27(24,25)10-12/h9,11-12H,1-8,10H2,(H,19,20,23). The Labute approximate surface area is 162 Å².